The largest absolute Gasteiger partial charge is 0.335 e. The quantitative estimate of drug-likeness (QED) is 0.907. The zero-order chi connectivity index (χ0) is 13.8. The predicted molar refractivity (Wildman–Crippen MR) is 84.0 cm³/mol. The molecule has 1 aromatic rings. The number of nitrogens with one attached hydrogen (secondary N) is 1. The molecule has 1 fully saturated rings. The fourth-order valence-corrected chi connectivity index (χ4v) is 4.08. The number of carbonyl (C=O) groups excluding carboxylic acids is 1. The average Bonchev–Trinajstić information content (AvgIpc) is 2.76. The molecule has 2 heterocycles. The van der Waals surface area contributed by atoms with E-state index >= 15 is 0 Å². The maximum Gasteiger partial charge on any atom is 0.264 e. The molecule has 1 atom stereocenters. The van der Waals surface area contributed by atoms with Gasteiger partial charge >= 0.3 is 0 Å². The van der Waals surface area contributed by atoms with Gasteiger partial charge in [-0.2, -0.15) is 0 Å². The van der Waals surface area contributed by atoms with Crippen LogP contribution in [0.15, 0.2) is 9.85 Å². The zero-order valence-electron chi connectivity index (χ0n) is 11.5. The van der Waals surface area contributed by atoms with Gasteiger partial charge in [0.15, 0.2) is 0 Å². The molecule has 1 aromatic heterocycles. The third-order valence-electron chi connectivity index (χ3n) is 3.68. The van der Waals surface area contributed by atoms with Crippen LogP contribution in [-0.4, -0.2) is 37.0 Å². The van der Waals surface area contributed by atoms with Crippen molar-refractivity contribution < 1.29 is 4.79 Å². The van der Waals surface area contributed by atoms with Crippen LogP contribution in [0.2, 0.25) is 0 Å². The summed E-state index contributed by atoms with van der Waals surface area (Å²) in [6, 6.07) is 2.40. The normalized spacial score (nSPS) is 19.7. The van der Waals surface area contributed by atoms with Crippen LogP contribution in [0.3, 0.4) is 0 Å². The molecule has 19 heavy (non-hydrogen) atoms. The summed E-state index contributed by atoms with van der Waals surface area (Å²) in [5, 5.41) is 3.18. The monoisotopic (exact) mass is 344 g/mol. The minimum atomic E-state index is 0.208. The minimum Gasteiger partial charge on any atom is -0.335 e. The molecule has 1 N–H and O–H groups in total. The lowest BCUT2D eigenvalue weighted by atomic mass is 9.99. The van der Waals surface area contributed by atoms with Gasteiger partial charge in [-0.05, 0) is 73.8 Å². The molecule has 1 saturated heterocycles. The lowest BCUT2D eigenvalue weighted by Crippen LogP contribution is -2.44. The van der Waals surface area contributed by atoms with E-state index in [9.17, 15) is 4.79 Å². The number of carbonyl (C=O) groups is 1. The number of amides is 1. The van der Waals surface area contributed by atoms with E-state index in [0.717, 1.165) is 46.6 Å². The van der Waals surface area contributed by atoms with E-state index in [4.69, 9.17) is 0 Å². The van der Waals surface area contributed by atoms with Crippen molar-refractivity contribution in [3.63, 3.8) is 0 Å². The Morgan fingerprint density at radius 3 is 3.00 bits per heavy atom. The highest BCUT2D eigenvalue weighted by atomic mass is 79.9. The van der Waals surface area contributed by atoms with Crippen LogP contribution >= 0.6 is 27.3 Å². The zero-order valence-corrected chi connectivity index (χ0v) is 13.9. The van der Waals surface area contributed by atoms with Gasteiger partial charge in [-0.25, -0.2) is 0 Å². The number of aryl methyl sites for hydroxylation is 1. The van der Waals surface area contributed by atoms with E-state index in [1.54, 1.807) is 11.3 Å². The molecule has 2 rings (SSSR count). The van der Waals surface area contributed by atoms with Crippen molar-refractivity contribution >= 4 is 33.2 Å². The summed E-state index contributed by atoms with van der Waals surface area (Å²) in [7, 11) is 1.97. The predicted octanol–water partition coefficient (Wildman–Crippen LogP) is 3.42. The van der Waals surface area contributed by atoms with Crippen molar-refractivity contribution in [2.45, 2.75) is 38.6 Å². The maximum atomic E-state index is 12.6. The van der Waals surface area contributed by atoms with Crippen LogP contribution < -0.4 is 5.32 Å². The molecule has 5 heteroatoms. The first-order valence-electron chi connectivity index (χ1n) is 6.85. The van der Waals surface area contributed by atoms with Gasteiger partial charge in [0.25, 0.3) is 5.91 Å². The number of thiophene rings is 1. The Labute approximate surface area is 127 Å². The Kier molecular flexibility index (Phi) is 5.42. The van der Waals surface area contributed by atoms with Crippen LogP contribution in [0, 0.1) is 6.92 Å². The summed E-state index contributed by atoms with van der Waals surface area (Å²) in [4.78, 5) is 15.6. The summed E-state index contributed by atoms with van der Waals surface area (Å²) in [5.41, 5.74) is 1.15. The number of hydrogen-bond donors (Lipinski definition) is 1. The smallest absolute Gasteiger partial charge is 0.264 e. The van der Waals surface area contributed by atoms with Gasteiger partial charge in [0.1, 0.15) is 0 Å². The van der Waals surface area contributed by atoms with E-state index in [2.05, 4.69) is 26.1 Å². The highest BCUT2D eigenvalue weighted by Crippen LogP contribution is 2.30. The van der Waals surface area contributed by atoms with E-state index in [-0.39, 0.29) is 5.91 Å². The number of likely N-dealkylation sites (tertiary alicyclic amines) is 1. The Hall–Kier alpha value is -0.390. The maximum absolute atomic E-state index is 12.6. The minimum absolute atomic E-state index is 0.208. The molecular formula is C14H21BrN2OS. The summed E-state index contributed by atoms with van der Waals surface area (Å²) in [6.07, 6.45) is 4.56. The standard InChI is InChI=1S/C14H21BrN2OS/c1-10-9-12(19-13(10)15)14(18)17-8-4-3-5-11(17)6-7-16-2/h9,11,16H,3-8H2,1-2H3. The molecule has 3 nitrogen and oxygen atoms in total. The van der Waals surface area contributed by atoms with Gasteiger partial charge in [0.2, 0.25) is 0 Å². The Balaban J connectivity index is 2.10. The van der Waals surface area contributed by atoms with E-state index in [0.29, 0.717) is 6.04 Å². The average molecular weight is 345 g/mol. The molecule has 1 aliphatic heterocycles. The highest BCUT2D eigenvalue weighted by Gasteiger charge is 2.28. The van der Waals surface area contributed by atoms with E-state index in [1.807, 2.05) is 20.0 Å². The number of hydrogen-bond acceptors (Lipinski definition) is 3. The van der Waals surface area contributed by atoms with Crippen LogP contribution in [0.1, 0.15) is 40.9 Å². The first-order valence-corrected chi connectivity index (χ1v) is 8.46. The van der Waals surface area contributed by atoms with Gasteiger partial charge in [-0.3, -0.25) is 4.79 Å². The SMILES string of the molecule is CNCCC1CCCCN1C(=O)c1cc(C)c(Br)s1. The molecule has 0 aliphatic carbocycles. The van der Waals surface area contributed by atoms with E-state index in [1.165, 1.54) is 6.42 Å². The lowest BCUT2D eigenvalue weighted by molar-refractivity contribution is 0.0607. The molecule has 1 aliphatic rings. The van der Waals surface area contributed by atoms with Crippen molar-refractivity contribution in [2.24, 2.45) is 0 Å². The van der Waals surface area contributed by atoms with Crippen LogP contribution in [0.5, 0.6) is 0 Å². The van der Waals surface area contributed by atoms with Gasteiger partial charge < -0.3 is 10.2 Å². The molecule has 0 saturated carbocycles. The molecule has 0 bridgehead atoms. The second-order valence-corrected chi connectivity index (χ2v) is 7.48. The Bertz CT molecular complexity index is 427. The topological polar surface area (TPSA) is 32.3 Å². The second kappa shape index (κ2) is 6.86. The lowest BCUT2D eigenvalue weighted by Gasteiger charge is -2.35. The van der Waals surface area contributed by atoms with Crippen LogP contribution in [0.4, 0.5) is 0 Å². The van der Waals surface area contributed by atoms with Crippen LogP contribution in [-0.2, 0) is 0 Å². The summed E-state index contributed by atoms with van der Waals surface area (Å²) < 4.78 is 1.07. The fraction of sp³-hybridized carbons (Fsp3) is 0.643. The molecule has 0 spiro atoms. The molecule has 106 valence electrons. The van der Waals surface area contributed by atoms with Crippen molar-refractivity contribution in [2.75, 3.05) is 20.1 Å². The van der Waals surface area contributed by atoms with Crippen molar-refractivity contribution in [1.29, 1.82) is 0 Å². The molecule has 1 unspecified atom stereocenters. The van der Waals surface area contributed by atoms with Crippen LogP contribution in [0.25, 0.3) is 0 Å². The van der Waals surface area contributed by atoms with Crippen molar-refractivity contribution in [3.8, 4) is 0 Å². The van der Waals surface area contributed by atoms with E-state index < -0.39 is 0 Å². The van der Waals surface area contributed by atoms with Gasteiger partial charge in [0, 0.05) is 12.6 Å². The molecule has 1 amide bonds. The second-order valence-electron chi connectivity index (χ2n) is 5.11. The summed E-state index contributed by atoms with van der Waals surface area (Å²) in [5.74, 6) is 0.208. The molecule has 0 radical (unpaired) electrons. The number of piperidine rings is 1. The number of rotatable bonds is 4. The first kappa shape index (κ1) is 15.0. The third kappa shape index (κ3) is 3.58. The summed E-state index contributed by atoms with van der Waals surface area (Å²) in [6.45, 7) is 3.91. The van der Waals surface area contributed by atoms with Gasteiger partial charge in [-0.15, -0.1) is 11.3 Å². The first-order chi connectivity index (χ1) is 9.13. The van der Waals surface area contributed by atoms with Crippen molar-refractivity contribution in [1.82, 2.24) is 10.2 Å². The fourth-order valence-electron chi connectivity index (χ4n) is 2.59. The van der Waals surface area contributed by atoms with Gasteiger partial charge in [0.05, 0.1) is 8.66 Å². The number of nitrogens with zero attached hydrogens (tertiary/aromatic N) is 1. The number of halogens is 1. The summed E-state index contributed by atoms with van der Waals surface area (Å²) >= 11 is 5.06. The third-order valence-corrected chi connectivity index (χ3v) is 5.81. The Morgan fingerprint density at radius 1 is 1.58 bits per heavy atom. The van der Waals surface area contributed by atoms with Gasteiger partial charge in [-0.1, -0.05) is 0 Å². The Morgan fingerprint density at radius 2 is 2.37 bits per heavy atom. The highest BCUT2D eigenvalue weighted by molar-refractivity contribution is 9.11. The molecular weight excluding hydrogens is 324 g/mol. The van der Waals surface area contributed by atoms with Crippen molar-refractivity contribution in [3.05, 3.63) is 20.3 Å². The molecule has 0 aromatic carbocycles.